The number of carbonyl (C=O) groups excluding carboxylic acids is 1. The Morgan fingerprint density at radius 1 is 1.65 bits per heavy atom. The first-order valence-corrected chi connectivity index (χ1v) is 8.24. The van der Waals surface area contributed by atoms with Crippen molar-refractivity contribution in [2.75, 3.05) is 13.1 Å². The van der Waals surface area contributed by atoms with Crippen LogP contribution in [0.25, 0.3) is 0 Å². The zero-order valence-electron chi connectivity index (χ0n) is 12.1. The van der Waals surface area contributed by atoms with Crippen molar-refractivity contribution in [2.45, 2.75) is 39.5 Å². The highest BCUT2D eigenvalue weighted by atomic mass is 32.1. The normalized spacial score (nSPS) is 26.9. The molecular weight excluding hydrogens is 268 g/mol. The molecule has 0 bridgehead atoms. The quantitative estimate of drug-likeness (QED) is 0.801. The third kappa shape index (κ3) is 2.60. The minimum Gasteiger partial charge on any atom is -0.341 e. The molecule has 2 unspecified atom stereocenters. The van der Waals surface area contributed by atoms with Crippen LogP contribution >= 0.6 is 11.3 Å². The van der Waals surface area contributed by atoms with E-state index in [-0.39, 0.29) is 5.41 Å². The van der Waals surface area contributed by atoms with Crippen LogP contribution in [-0.4, -0.2) is 28.9 Å². The van der Waals surface area contributed by atoms with Crippen molar-refractivity contribution in [3.8, 4) is 11.8 Å². The van der Waals surface area contributed by atoms with Crippen LogP contribution in [0.15, 0.2) is 5.38 Å². The second kappa shape index (κ2) is 5.21. The lowest BCUT2D eigenvalue weighted by Crippen LogP contribution is -2.31. The van der Waals surface area contributed by atoms with Crippen molar-refractivity contribution >= 4 is 17.2 Å². The number of hydrogen-bond acceptors (Lipinski definition) is 3. The smallest absolute Gasteiger partial charge is 0.222 e. The molecule has 106 valence electrons. The van der Waals surface area contributed by atoms with Crippen LogP contribution < -0.4 is 0 Å². The summed E-state index contributed by atoms with van der Waals surface area (Å²) in [6, 6.07) is 0. The molecule has 20 heavy (non-hydrogen) atoms. The summed E-state index contributed by atoms with van der Waals surface area (Å²) in [5, 5.41) is 3.07. The van der Waals surface area contributed by atoms with Gasteiger partial charge in [0, 0.05) is 24.9 Å². The highest BCUT2D eigenvalue weighted by Crippen LogP contribution is 2.57. The van der Waals surface area contributed by atoms with Crippen LogP contribution in [0.3, 0.4) is 0 Å². The first-order valence-electron chi connectivity index (χ1n) is 7.36. The molecule has 2 aliphatic rings. The molecule has 0 radical (unpaired) electrons. The summed E-state index contributed by atoms with van der Waals surface area (Å²) in [5.41, 5.74) is 0.961. The number of unbranched alkanes of at least 4 members (excludes halogenated alkanes) is 1. The molecule has 4 heteroatoms. The van der Waals surface area contributed by atoms with Gasteiger partial charge in [-0.2, -0.15) is 0 Å². The Morgan fingerprint density at radius 3 is 3.20 bits per heavy atom. The molecule has 2 heterocycles. The number of aryl methyl sites for hydroxylation is 1. The molecule has 0 spiro atoms. The molecule has 1 saturated carbocycles. The summed E-state index contributed by atoms with van der Waals surface area (Å²) < 4.78 is 0. The largest absolute Gasteiger partial charge is 0.341 e. The number of carbonyl (C=O) groups is 1. The van der Waals surface area contributed by atoms with Crippen LogP contribution in [0.5, 0.6) is 0 Å². The number of rotatable bonds is 3. The van der Waals surface area contributed by atoms with E-state index < -0.39 is 0 Å². The van der Waals surface area contributed by atoms with E-state index in [2.05, 4.69) is 23.7 Å². The topological polar surface area (TPSA) is 33.2 Å². The number of piperidine rings is 1. The third-order valence-corrected chi connectivity index (χ3v) is 5.07. The number of fused-ring (bicyclic) bond motifs is 1. The average Bonchev–Trinajstić information content (AvgIpc) is 2.79. The Labute approximate surface area is 124 Å². The van der Waals surface area contributed by atoms with E-state index >= 15 is 0 Å². The van der Waals surface area contributed by atoms with E-state index in [0.717, 1.165) is 43.1 Å². The van der Waals surface area contributed by atoms with Crippen molar-refractivity contribution in [2.24, 2.45) is 11.3 Å². The van der Waals surface area contributed by atoms with Crippen LogP contribution in [-0.2, 0) is 4.79 Å². The molecule has 1 aromatic heterocycles. The molecular formula is C16H20N2OS. The number of likely N-dealkylation sites (tertiary alicyclic amines) is 1. The fourth-order valence-corrected chi connectivity index (χ4v) is 3.51. The van der Waals surface area contributed by atoms with Crippen LogP contribution in [0.1, 0.15) is 43.3 Å². The SMILES string of the molecule is CCCCC(=O)N1CC2CC2(C#Cc2csc(C)n2)C1. The standard InChI is InChI=1S/C16H20N2OS/c1-3-4-5-15(19)18-9-13-8-16(13,11-18)7-6-14-10-20-12(2)17-14/h10,13H,3-5,8-9,11H2,1-2H3. The van der Waals surface area contributed by atoms with E-state index in [0.29, 0.717) is 18.2 Å². The predicted octanol–water partition coefficient (Wildman–Crippen LogP) is 2.84. The summed E-state index contributed by atoms with van der Waals surface area (Å²) in [5.74, 6) is 7.51. The number of hydrogen-bond donors (Lipinski definition) is 0. The molecule has 1 aromatic rings. The molecule has 2 fully saturated rings. The summed E-state index contributed by atoms with van der Waals surface area (Å²) in [6.45, 7) is 5.86. The molecule has 2 atom stereocenters. The lowest BCUT2D eigenvalue weighted by atomic mass is 10.1. The summed E-state index contributed by atoms with van der Waals surface area (Å²) >= 11 is 1.64. The number of thiazole rings is 1. The Morgan fingerprint density at radius 2 is 2.50 bits per heavy atom. The van der Waals surface area contributed by atoms with Gasteiger partial charge >= 0.3 is 0 Å². The number of amides is 1. The third-order valence-electron chi connectivity index (χ3n) is 4.30. The monoisotopic (exact) mass is 288 g/mol. The van der Waals surface area contributed by atoms with Crippen molar-refractivity contribution in [1.29, 1.82) is 0 Å². The molecule has 1 saturated heterocycles. The zero-order chi connectivity index (χ0) is 14.2. The molecule has 0 N–H and O–H groups in total. The van der Waals surface area contributed by atoms with Crippen LogP contribution in [0.4, 0.5) is 0 Å². The van der Waals surface area contributed by atoms with Gasteiger partial charge in [-0.05, 0) is 31.6 Å². The number of nitrogens with zero attached hydrogens (tertiary/aromatic N) is 2. The minimum atomic E-state index is 0.0827. The van der Waals surface area contributed by atoms with Crippen LogP contribution in [0.2, 0.25) is 0 Å². The van der Waals surface area contributed by atoms with Gasteiger partial charge in [-0.15, -0.1) is 11.3 Å². The second-order valence-corrected chi connectivity index (χ2v) is 7.00. The van der Waals surface area contributed by atoms with Gasteiger partial charge in [0.15, 0.2) is 0 Å². The maximum atomic E-state index is 12.1. The van der Waals surface area contributed by atoms with Gasteiger partial charge in [0.1, 0.15) is 5.69 Å². The van der Waals surface area contributed by atoms with Crippen molar-refractivity contribution in [3.05, 3.63) is 16.1 Å². The molecule has 1 aliphatic heterocycles. The summed E-state index contributed by atoms with van der Waals surface area (Å²) in [7, 11) is 0. The van der Waals surface area contributed by atoms with E-state index in [1.807, 2.05) is 17.2 Å². The fourth-order valence-electron chi connectivity index (χ4n) is 2.96. The van der Waals surface area contributed by atoms with Gasteiger partial charge in [0.25, 0.3) is 0 Å². The van der Waals surface area contributed by atoms with Gasteiger partial charge in [0.2, 0.25) is 5.91 Å². The van der Waals surface area contributed by atoms with Crippen molar-refractivity contribution < 1.29 is 4.79 Å². The first kappa shape index (κ1) is 13.6. The van der Waals surface area contributed by atoms with E-state index in [4.69, 9.17) is 0 Å². The fraction of sp³-hybridized carbons (Fsp3) is 0.625. The molecule has 1 aliphatic carbocycles. The lowest BCUT2D eigenvalue weighted by molar-refractivity contribution is -0.130. The first-order chi connectivity index (χ1) is 9.63. The molecule has 3 nitrogen and oxygen atoms in total. The summed E-state index contributed by atoms with van der Waals surface area (Å²) in [6.07, 6.45) is 3.92. The van der Waals surface area contributed by atoms with E-state index in [9.17, 15) is 4.79 Å². The maximum Gasteiger partial charge on any atom is 0.222 e. The number of aromatic nitrogens is 1. The second-order valence-electron chi connectivity index (χ2n) is 5.94. The van der Waals surface area contributed by atoms with Crippen LogP contribution in [0, 0.1) is 30.1 Å². The van der Waals surface area contributed by atoms with Gasteiger partial charge in [-0.3, -0.25) is 4.79 Å². The molecule has 0 aromatic carbocycles. The Bertz CT molecular complexity index is 583. The molecule has 1 amide bonds. The Hall–Kier alpha value is -1.34. The van der Waals surface area contributed by atoms with Gasteiger partial charge in [0.05, 0.1) is 10.4 Å². The maximum absolute atomic E-state index is 12.1. The van der Waals surface area contributed by atoms with E-state index in [1.165, 1.54) is 0 Å². The highest BCUT2D eigenvalue weighted by Gasteiger charge is 2.60. The Balaban J connectivity index is 1.62. The average molecular weight is 288 g/mol. The van der Waals surface area contributed by atoms with Gasteiger partial charge in [-0.25, -0.2) is 4.98 Å². The Kier molecular flexibility index (Phi) is 3.55. The predicted molar refractivity (Wildman–Crippen MR) is 80.4 cm³/mol. The zero-order valence-corrected chi connectivity index (χ0v) is 12.9. The molecule has 3 rings (SSSR count). The minimum absolute atomic E-state index is 0.0827. The van der Waals surface area contributed by atoms with Crippen molar-refractivity contribution in [1.82, 2.24) is 9.88 Å². The summed E-state index contributed by atoms with van der Waals surface area (Å²) in [4.78, 5) is 18.5. The van der Waals surface area contributed by atoms with E-state index in [1.54, 1.807) is 11.3 Å². The van der Waals surface area contributed by atoms with Gasteiger partial charge < -0.3 is 4.90 Å². The van der Waals surface area contributed by atoms with Gasteiger partial charge in [-0.1, -0.05) is 19.3 Å². The lowest BCUT2D eigenvalue weighted by Gasteiger charge is -2.18. The van der Waals surface area contributed by atoms with Crippen molar-refractivity contribution in [3.63, 3.8) is 0 Å². The highest BCUT2D eigenvalue weighted by molar-refractivity contribution is 7.09.